The highest BCUT2D eigenvalue weighted by atomic mass is 16.5. The van der Waals surface area contributed by atoms with Crippen LogP contribution in [0.2, 0.25) is 0 Å². The van der Waals surface area contributed by atoms with Gasteiger partial charge in [0.25, 0.3) is 0 Å². The van der Waals surface area contributed by atoms with Gasteiger partial charge in [-0.25, -0.2) is 0 Å². The van der Waals surface area contributed by atoms with Gasteiger partial charge < -0.3 is 15.0 Å². The van der Waals surface area contributed by atoms with E-state index in [-0.39, 0.29) is 6.10 Å². The molecule has 5 heteroatoms. The molecule has 1 aromatic rings. The minimum Gasteiger partial charge on any atom is -0.474 e. The Balaban J connectivity index is 2.14. The number of hydrogen-bond acceptors (Lipinski definition) is 5. The van der Waals surface area contributed by atoms with Crippen LogP contribution < -0.4 is 15.0 Å². The van der Waals surface area contributed by atoms with Crippen LogP contribution in [0, 0.1) is 0 Å². The molecule has 0 saturated carbocycles. The van der Waals surface area contributed by atoms with E-state index in [4.69, 9.17) is 4.74 Å². The SMILES string of the molecule is CC(C)Oc1cncc(N2CCNCC2C)n1. The molecule has 1 atom stereocenters. The van der Waals surface area contributed by atoms with Gasteiger partial charge in [0.05, 0.1) is 18.5 Å². The first-order valence-corrected chi connectivity index (χ1v) is 6.13. The lowest BCUT2D eigenvalue weighted by Crippen LogP contribution is -2.50. The molecular weight excluding hydrogens is 216 g/mol. The highest BCUT2D eigenvalue weighted by molar-refractivity contribution is 5.39. The van der Waals surface area contributed by atoms with Gasteiger partial charge in [-0.2, -0.15) is 4.98 Å². The minimum atomic E-state index is 0.125. The molecule has 1 unspecified atom stereocenters. The molecule has 1 aromatic heterocycles. The first-order valence-electron chi connectivity index (χ1n) is 6.13. The van der Waals surface area contributed by atoms with Crippen LogP contribution in [0.15, 0.2) is 12.4 Å². The average molecular weight is 236 g/mol. The Morgan fingerprint density at radius 1 is 1.47 bits per heavy atom. The van der Waals surface area contributed by atoms with Crippen LogP contribution in [0.5, 0.6) is 5.88 Å². The van der Waals surface area contributed by atoms with Crippen molar-refractivity contribution in [3.63, 3.8) is 0 Å². The second-order valence-corrected chi connectivity index (χ2v) is 4.63. The first-order chi connectivity index (χ1) is 8.16. The molecule has 1 fully saturated rings. The minimum absolute atomic E-state index is 0.125. The number of nitrogens with zero attached hydrogens (tertiary/aromatic N) is 3. The molecule has 94 valence electrons. The summed E-state index contributed by atoms with van der Waals surface area (Å²) in [7, 11) is 0. The highest BCUT2D eigenvalue weighted by Gasteiger charge is 2.19. The Hall–Kier alpha value is -1.36. The second-order valence-electron chi connectivity index (χ2n) is 4.63. The van der Waals surface area contributed by atoms with Gasteiger partial charge in [0.1, 0.15) is 0 Å². The molecule has 2 rings (SSSR count). The van der Waals surface area contributed by atoms with Crippen LogP contribution in [0.3, 0.4) is 0 Å². The monoisotopic (exact) mass is 236 g/mol. The molecule has 0 aliphatic carbocycles. The fourth-order valence-corrected chi connectivity index (χ4v) is 1.96. The van der Waals surface area contributed by atoms with Gasteiger partial charge in [-0.3, -0.25) is 4.98 Å². The second kappa shape index (κ2) is 5.31. The normalized spacial score (nSPS) is 20.7. The highest BCUT2D eigenvalue weighted by Crippen LogP contribution is 2.18. The molecule has 0 aromatic carbocycles. The van der Waals surface area contributed by atoms with E-state index in [1.807, 2.05) is 13.8 Å². The summed E-state index contributed by atoms with van der Waals surface area (Å²) in [6.07, 6.45) is 3.59. The van der Waals surface area contributed by atoms with Gasteiger partial charge in [0, 0.05) is 25.7 Å². The van der Waals surface area contributed by atoms with Gasteiger partial charge in [-0.05, 0) is 20.8 Å². The molecule has 17 heavy (non-hydrogen) atoms. The molecule has 2 heterocycles. The summed E-state index contributed by atoms with van der Waals surface area (Å²) in [5.41, 5.74) is 0. The van der Waals surface area contributed by atoms with E-state index in [1.54, 1.807) is 12.4 Å². The summed E-state index contributed by atoms with van der Waals surface area (Å²) >= 11 is 0. The zero-order valence-electron chi connectivity index (χ0n) is 10.7. The Kier molecular flexibility index (Phi) is 3.78. The van der Waals surface area contributed by atoms with E-state index >= 15 is 0 Å². The summed E-state index contributed by atoms with van der Waals surface area (Å²) in [6.45, 7) is 9.09. The molecule has 1 N–H and O–H groups in total. The topological polar surface area (TPSA) is 50.3 Å². The summed E-state index contributed by atoms with van der Waals surface area (Å²) in [5.74, 6) is 1.50. The number of nitrogens with one attached hydrogen (secondary N) is 1. The molecule has 0 bridgehead atoms. The van der Waals surface area contributed by atoms with Crippen LogP contribution >= 0.6 is 0 Å². The molecule has 1 saturated heterocycles. The lowest BCUT2D eigenvalue weighted by Gasteiger charge is -2.34. The molecule has 1 aliphatic rings. The van der Waals surface area contributed by atoms with E-state index in [0.717, 1.165) is 25.5 Å². The van der Waals surface area contributed by atoms with Crippen LogP contribution in [-0.2, 0) is 0 Å². The van der Waals surface area contributed by atoms with E-state index in [9.17, 15) is 0 Å². The zero-order valence-corrected chi connectivity index (χ0v) is 10.7. The van der Waals surface area contributed by atoms with Crippen LogP contribution in [0.4, 0.5) is 5.82 Å². The maximum atomic E-state index is 5.56. The van der Waals surface area contributed by atoms with Crippen molar-refractivity contribution in [3.8, 4) is 5.88 Å². The third-order valence-electron chi connectivity index (χ3n) is 2.75. The van der Waals surface area contributed by atoms with Crippen molar-refractivity contribution in [2.24, 2.45) is 0 Å². The summed E-state index contributed by atoms with van der Waals surface area (Å²) < 4.78 is 5.56. The standard InChI is InChI=1S/C12H20N4O/c1-9(2)17-12-8-14-7-11(15-12)16-5-4-13-6-10(16)3/h7-10,13H,4-6H2,1-3H3. The Morgan fingerprint density at radius 2 is 2.29 bits per heavy atom. The van der Waals surface area contributed by atoms with Gasteiger partial charge in [0.2, 0.25) is 5.88 Å². The van der Waals surface area contributed by atoms with Gasteiger partial charge in [-0.15, -0.1) is 0 Å². The Morgan fingerprint density at radius 3 is 3.00 bits per heavy atom. The number of rotatable bonds is 3. The van der Waals surface area contributed by atoms with Crippen molar-refractivity contribution >= 4 is 5.82 Å². The summed E-state index contributed by atoms with van der Waals surface area (Å²) in [4.78, 5) is 11.0. The Labute approximate surface area is 102 Å². The van der Waals surface area contributed by atoms with E-state index in [0.29, 0.717) is 11.9 Å². The van der Waals surface area contributed by atoms with Crippen molar-refractivity contribution in [1.82, 2.24) is 15.3 Å². The number of hydrogen-bond donors (Lipinski definition) is 1. The molecule has 1 aliphatic heterocycles. The van der Waals surface area contributed by atoms with Crippen LogP contribution in [0.1, 0.15) is 20.8 Å². The van der Waals surface area contributed by atoms with Gasteiger partial charge >= 0.3 is 0 Å². The summed E-state index contributed by atoms with van der Waals surface area (Å²) in [6, 6.07) is 0.437. The third-order valence-corrected chi connectivity index (χ3v) is 2.75. The fraction of sp³-hybridized carbons (Fsp3) is 0.667. The number of anilines is 1. The summed E-state index contributed by atoms with van der Waals surface area (Å²) in [5, 5.41) is 3.36. The van der Waals surface area contributed by atoms with Crippen molar-refractivity contribution in [1.29, 1.82) is 0 Å². The maximum absolute atomic E-state index is 5.56. The molecule has 0 radical (unpaired) electrons. The molecule has 0 spiro atoms. The molecule has 5 nitrogen and oxygen atoms in total. The van der Waals surface area contributed by atoms with Crippen molar-refractivity contribution in [3.05, 3.63) is 12.4 Å². The zero-order chi connectivity index (χ0) is 12.3. The van der Waals surface area contributed by atoms with Crippen molar-refractivity contribution < 1.29 is 4.74 Å². The van der Waals surface area contributed by atoms with E-state index in [1.165, 1.54) is 0 Å². The molecule has 0 amide bonds. The predicted octanol–water partition coefficient (Wildman–Crippen LogP) is 1.06. The predicted molar refractivity (Wildman–Crippen MR) is 67.5 cm³/mol. The number of aromatic nitrogens is 2. The largest absolute Gasteiger partial charge is 0.474 e. The van der Waals surface area contributed by atoms with Gasteiger partial charge in [0.15, 0.2) is 5.82 Å². The lowest BCUT2D eigenvalue weighted by atomic mass is 10.2. The van der Waals surface area contributed by atoms with Crippen LogP contribution in [-0.4, -0.2) is 41.7 Å². The van der Waals surface area contributed by atoms with Crippen LogP contribution in [0.25, 0.3) is 0 Å². The number of piperazine rings is 1. The Bertz CT molecular complexity index is 369. The number of ether oxygens (including phenoxy) is 1. The lowest BCUT2D eigenvalue weighted by molar-refractivity contribution is 0.231. The van der Waals surface area contributed by atoms with E-state index in [2.05, 4.69) is 27.1 Å². The first kappa shape index (κ1) is 12.1. The van der Waals surface area contributed by atoms with Crippen molar-refractivity contribution in [2.45, 2.75) is 32.9 Å². The fourth-order valence-electron chi connectivity index (χ4n) is 1.96. The quantitative estimate of drug-likeness (QED) is 0.850. The average Bonchev–Trinajstić information content (AvgIpc) is 2.29. The van der Waals surface area contributed by atoms with E-state index < -0.39 is 0 Å². The third kappa shape index (κ3) is 3.06. The smallest absolute Gasteiger partial charge is 0.234 e. The van der Waals surface area contributed by atoms with Crippen molar-refractivity contribution in [2.75, 3.05) is 24.5 Å². The van der Waals surface area contributed by atoms with Gasteiger partial charge in [-0.1, -0.05) is 0 Å². The maximum Gasteiger partial charge on any atom is 0.234 e. The molecular formula is C12H20N4O.